The zero-order chi connectivity index (χ0) is 12.7. The largest absolute Gasteiger partial charge is 1.00 e. The molecule has 0 amide bonds. The van der Waals surface area contributed by atoms with Crippen molar-refractivity contribution in [3.63, 3.8) is 0 Å². The summed E-state index contributed by atoms with van der Waals surface area (Å²) in [4.78, 5) is -2.42. The van der Waals surface area contributed by atoms with Crippen molar-refractivity contribution >= 4 is 20.2 Å². The van der Waals surface area contributed by atoms with Gasteiger partial charge in [-0.1, -0.05) is 0 Å². The average molecular weight is 314 g/mol. The summed E-state index contributed by atoms with van der Waals surface area (Å²) < 4.78 is 63.1. The molecule has 0 fully saturated rings. The van der Waals surface area contributed by atoms with Crippen molar-refractivity contribution in [2.45, 2.75) is 9.79 Å². The van der Waals surface area contributed by atoms with Crippen LogP contribution in [-0.4, -0.2) is 36.2 Å². The molecule has 0 saturated carbocycles. The fraction of sp³-hybridized carbons (Fsp3) is 0. The maximum absolute atomic E-state index is 10.5. The molecule has 0 radical (unpaired) electrons. The van der Waals surface area contributed by atoms with Crippen molar-refractivity contribution < 1.29 is 95.3 Å². The molecule has 0 aliphatic rings. The minimum Gasteiger partial charge on any atom is -0.744 e. The van der Waals surface area contributed by atoms with E-state index in [1.807, 2.05) is 0 Å². The Morgan fingerprint density at radius 1 is 0.778 bits per heavy atom. The van der Waals surface area contributed by atoms with Gasteiger partial charge in [0.2, 0.25) is 0 Å². The molecule has 90 valence electrons. The normalized spacial score (nSPS) is 11.2. The molecule has 0 aromatic heterocycles. The third kappa shape index (κ3) is 4.63. The van der Waals surface area contributed by atoms with E-state index in [9.17, 15) is 25.9 Å². The van der Waals surface area contributed by atoms with Gasteiger partial charge in [0.15, 0.2) is 11.5 Å². The van der Waals surface area contributed by atoms with E-state index in [2.05, 4.69) is 0 Å². The van der Waals surface area contributed by atoms with E-state index in [0.717, 1.165) is 0 Å². The first-order valence-electron chi connectivity index (χ1n) is 3.52. The SMILES string of the molecule is O=S(=O)([O-])c1ccc(S(=O)(=O)[O-])c(O)c1O.[Na+].[Na+]. The Balaban J connectivity index is 0. The molecule has 0 spiro atoms. The summed E-state index contributed by atoms with van der Waals surface area (Å²) in [6, 6.07) is 0.838. The van der Waals surface area contributed by atoms with Gasteiger partial charge in [-0.15, -0.1) is 0 Å². The van der Waals surface area contributed by atoms with Crippen LogP contribution in [0.5, 0.6) is 11.5 Å². The molecule has 0 aliphatic carbocycles. The Morgan fingerprint density at radius 2 is 1.00 bits per heavy atom. The van der Waals surface area contributed by atoms with Gasteiger partial charge in [-0.3, -0.25) is 0 Å². The van der Waals surface area contributed by atoms with Crippen molar-refractivity contribution in [2.24, 2.45) is 0 Å². The fourth-order valence-electron chi connectivity index (χ4n) is 0.946. The molecule has 0 unspecified atom stereocenters. The molecule has 8 nitrogen and oxygen atoms in total. The van der Waals surface area contributed by atoms with Crippen LogP contribution in [0, 0.1) is 0 Å². The van der Waals surface area contributed by atoms with Crippen LogP contribution in [0.1, 0.15) is 0 Å². The van der Waals surface area contributed by atoms with Crippen LogP contribution in [-0.2, 0) is 20.2 Å². The van der Waals surface area contributed by atoms with Crippen molar-refractivity contribution in [3.8, 4) is 11.5 Å². The zero-order valence-corrected chi connectivity index (χ0v) is 14.9. The smallest absolute Gasteiger partial charge is 0.744 e. The summed E-state index contributed by atoms with van der Waals surface area (Å²) in [6.07, 6.45) is 0. The molecule has 0 aliphatic heterocycles. The molecular formula is C6H4Na2O8S2. The quantitative estimate of drug-likeness (QED) is 0.310. The molecule has 1 rings (SSSR count). The second-order valence-corrected chi connectivity index (χ2v) is 5.36. The van der Waals surface area contributed by atoms with Crippen molar-refractivity contribution in [2.75, 3.05) is 0 Å². The number of rotatable bonds is 2. The Kier molecular flexibility index (Phi) is 8.01. The van der Waals surface area contributed by atoms with E-state index in [1.54, 1.807) is 0 Å². The van der Waals surface area contributed by atoms with Crippen LogP contribution in [0.2, 0.25) is 0 Å². The van der Waals surface area contributed by atoms with Gasteiger partial charge in [-0.05, 0) is 12.1 Å². The maximum atomic E-state index is 10.5. The van der Waals surface area contributed by atoms with Crippen molar-refractivity contribution in [1.82, 2.24) is 0 Å². The van der Waals surface area contributed by atoms with E-state index < -0.39 is 41.5 Å². The molecular weight excluding hydrogens is 310 g/mol. The molecule has 1 aromatic carbocycles. The van der Waals surface area contributed by atoms with Crippen LogP contribution < -0.4 is 59.1 Å². The number of hydrogen-bond acceptors (Lipinski definition) is 8. The number of phenolic OH excluding ortho intramolecular Hbond substituents is 2. The summed E-state index contributed by atoms with van der Waals surface area (Å²) in [5, 5.41) is 18.1. The monoisotopic (exact) mass is 314 g/mol. The Bertz CT molecular complexity index is 579. The summed E-state index contributed by atoms with van der Waals surface area (Å²) >= 11 is 0. The van der Waals surface area contributed by atoms with E-state index in [1.165, 1.54) is 0 Å². The summed E-state index contributed by atoms with van der Waals surface area (Å²) in [5.41, 5.74) is 0. The van der Waals surface area contributed by atoms with Crippen molar-refractivity contribution in [1.29, 1.82) is 0 Å². The summed E-state index contributed by atoms with van der Waals surface area (Å²) in [6.45, 7) is 0. The average Bonchev–Trinajstić information content (AvgIpc) is 2.05. The Hall–Kier alpha value is 0.640. The van der Waals surface area contributed by atoms with Crippen LogP contribution in [0.3, 0.4) is 0 Å². The van der Waals surface area contributed by atoms with Crippen LogP contribution in [0.25, 0.3) is 0 Å². The van der Waals surface area contributed by atoms with Gasteiger partial charge < -0.3 is 19.3 Å². The third-order valence-corrected chi connectivity index (χ3v) is 3.35. The number of phenols is 2. The minimum atomic E-state index is -5.08. The third-order valence-electron chi connectivity index (χ3n) is 1.62. The fourth-order valence-corrected chi connectivity index (χ4v) is 2.08. The van der Waals surface area contributed by atoms with Gasteiger partial charge in [-0.25, -0.2) is 16.8 Å². The predicted molar refractivity (Wildman–Crippen MR) is 45.7 cm³/mol. The molecule has 0 bridgehead atoms. The second kappa shape index (κ2) is 6.88. The molecule has 1 aromatic rings. The number of aromatic hydroxyl groups is 2. The summed E-state index contributed by atoms with van der Waals surface area (Å²) in [7, 11) is -10.2. The van der Waals surface area contributed by atoms with E-state index >= 15 is 0 Å². The summed E-state index contributed by atoms with van der Waals surface area (Å²) in [5.74, 6) is -2.93. The van der Waals surface area contributed by atoms with Gasteiger partial charge in [0, 0.05) is 0 Å². The first-order chi connectivity index (χ1) is 7.05. The van der Waals surface area contributed by atoms with Gasteiger partial charge in [0.05, 0.1) is 0 Å². The van der Waals surface area contributed by atoms with Gasteiger partial charge in [-0.2, -0.15) is 0 Å². The number of benzene rings is 1. The molecule has 18 heavy (non-hydrogen) atoms. The van der Waals surface area contributed by atoms with Gasteiger partial charge in [0.25, 0.3) is 0 Å². The maximum Gasteiger partial charge on any atom is 1.00 e. The first kappa shape index (κ1) is 20.9. The Morgan fingerprint density at radius 3 is 1.17 bits per heavy atom. The van der Waals surface area contributed by atoms with Gasteiger partial charge in [0.1, 0.15) is 30.0 Å². The van der Waals surface area contributed by atoms with Crippen molar-refractivity contribution in [3.05, 3.63) is 12.1 Å². The van der Waals surface area contributed by atoms with Crippen LogP contribution in [0.4, 0.5) is 0 Å². The Labute approximate surface area is 147 Å². The number of hydrogen-bond donors (Lipinski definition) is 2. The predicted octanol–water partition coefficient (Wildman–Crippen LogP) is -7.09. The molecule has 0 saturated heterocycles. The molecule has 0 heterocycles. The van der Waals surface area contributed by atoms with Gasteiger partial charge >= 0.3 is 59.1 Å². The minimum absolute atomic E-state index is 0. The zero-order valence-electron chi connectivity index (χ0n) is 9.32. The van der Waals surface area contributed by atoms with Crippen LogP contribution >= 0.6 is 0 Å². The van der Waals surface area contributed by atoms with E-state index in [0.29, 0.717) is 12.1 Å². The van der Waals surface area contributed by atoms with E-state index in [-0.39, 0.29) is 59.1 Å². The molecule has 2 N–H and O–H groups in total. The second-order valence-electron chi connectivity index (χ2n) is 2.67. The standard InChI is InChI=1S/C6H6O8S2.2Na/c7-5-3(15(9,10)11)1-2-4(6(5)8)16(12,13)14;;/h1-2,7-8H,(H,9,10,11)(H,12,13,14);;/q;2*+1/p-2. The first-order valence-corrected chi connectivity index (χ1v) is 6.33. The van der Waals surface area contributed by atoms with Crippen LogP contribution in [0.15, 0.2) is 21.9 Å². The molecule has 0 atom stereocenters. The topological polar surface area (TPSA) is 155 Å². The molecule has 12 heteroatoms. The van der Waals surface area contributed by atoms with E-state index in [4.69, 9.17) is 10.2 Å².